The van der Waals surface area contributed by atoms with Gasteiger partial charge in [-0.15, -0.1) is 0 Å². The molecule has 2 heterocycles. The van der Waals surface area contributed by atoms with Crippen LogP contribution in [-0.4, -0.2) is 78.5 Å². The third kappa shape index (κ3) is 5.09. The van der Waals surface area contributed by atoms with Crippen molar-refractivity contribution in [2.45, 2.75) is 33.2 Å². The lowest BCUT2D eigenvalue weighted by Crippen LogP contribution is -2.32. The van der Waals surface area contributed by atoms with Gasteiger partial charge in [0.05, 0.1) is 25.3 Å². The van der Waals surface area contributed by atoms with E-state index in [1.54, 1.807) is 38.1 Å². The number of Topliss-reactive ketones (excluding diaryl/α,β-unsaturated/α-hetero) is 1. The Bertz CT molecular complexity index is 1150. The number of methoxy groups -OCH3 is 1. The minimum absolute atomic E-state index is 0.00868. The van der Waals surface area contributed by atoms with Gasteiger partial charge in [-0.1, -0.05) is 12.1 Å². The molecule has 2 N–H and O–H groups in total. The SMILES string of the molecule is CCOc1ccc([C@H]2C(=C(O)c3c(C)[nH]c(C(=O)OC)c3C)C(=O)C(=O)N2CCCN(C)C)cc1. The molecule has 0 saturated carbocycles. The first-order valence-corrected chi connectivity index (χ1v) is 11.6. The summed E-state index contributed by atoms with van der Waals surface area (Å²) in [5.41, 5.74) is 2.10. The maximum absolute atomic E-state index is 13.3. The molecule has 0 aliphatic carbocycles. The van der Waals surface area contributed by atoms with Crippen molar-refractivity contribution < 1.29 is 29.0 Å². The maximum atomic E-state index is 13.3. The van der Waals surface area contributed by atoms with Crippen molar-refractivity contribution in [3.63, 3.8) is 0 Å². The Morgan fingerprint density at radius 3 is 2.40 bits per heavy atom. The van der Waals surface area contributed by atoms with Crippen molar-refractivity contribution >= 4 is 23.4 Å². The zero-order chi connectivity index (χ0) is 25.9. The average Bonchev–Trinajstić information content (AvgIpc) is 3.26. The lowest BCUT2D eigenvalue weighted by atomic mass is 9.94. The van der Waals surface area contributed by atoms with Crippen LogP contribution in [0.1, 0.15) is 52.3 Å². The number of carbonyl (C=O) groups is 3. The highest BCUT2D eigenvalue weighted by Gasteiger charge is 2.46. The topological polar surface area (TPSA) is 112 Å². The average molecular weight is 484 g/mol. The number of aromatic nitrogens is 1. The lowest BCUT2D eigenvalue weighted by molar-refractivity contribution is -0.139. The summed E-state index contributed by atoms with van der Waals surface area (Å²) in [5.74, 6) is -1.66. The summed E-state index contributed by atoms with van der Waals surface area (Å²) in [6.45, 7) is 6.82. The Hall–Kier alpha value is -3.59. The Morgan fingerprint density at radius 2 is 1.83 bits per heavy atom. The molecule has 1 aliphatic rings. The highest BCUT2D eigenvalue weighted by Crippen LogP contribution is 2.41. The number of aryl methyl sites for hydroxylation is 1. The van der Waals surface area contributed by atoms with E-state index in [2.05, 4.69) is 4.98 Å². The molecule has 0 radical (unpaired) electrons. The molecule has 35 heavy (non-hydrogen) atoms. The van der Waals surface area contributed by atoms with E-state index in [9.17, 15) is 19.5 Å². The van der Waals surface area contributed by atoms with Gasteiger partial charge in [0.1, 0.15) is 17.2 Å². The fourth-order valence-corrected chi connectivity index (χ4v) is 4.47. The summed E-state index contributed by atoms with van der Waals surface area (Å²) < 4.78 is 10.4. The van der Waals surface area contributed by atoms with E-state index < -0.39 is 23.7 Å². The second-order valence-corrected chi connectivity index (χ2v) is 8.77. The minimum atomic E-state index is -0.775. The summed E-state index contributed by atoms with van der Waals surface area (Å²) in [7, 11) is 5.14. The minimum Gasteiger partial charge on any atom is -0.507 e. The Kier molecular flexibility index (Phi) is 8.01. The van der Waals surface area contributed by atoms with Crippen LogP contribution in [0.2, 0.25) is 0 Å². The zero-order valence-electron chi connectivity index (χ0n) is 21.1. The first kappa shape index (κ1) is 26.0. The number of nitrogens with zero attached hydrogens (tertiary/aromatic N) is 2. The van der Waals surface area contributed by atoms with Crippen LogP contribution < -0.4 is 4.74 Å². The molecule has 188 valence electrons. The van der Waals surface area contributed by atoms with Crippen molar-refractivity contribution in [2.24, 2.45) is 0 Å². The van der Waals surface area contributed by atoms with Crippen molar-refractivity contribution in [1.82, 2.24) is 14.8 Å². The molecule has 1 aliphatic heterocycles. The van der Waals surface area contributed by atoms with Crippen molar-refractivity contribution in [3.05, 3.63) is 57.9 Å². The van der Waals surface area contributed by atoms with Gasteiger partial charge in [-0.3, -0.25) is 9.59 Å². The summed E-state index contributed by atoms with van der Waals surface area (Å²) in [6.07, 6.45) is 0.655. The normalized spacial score (nSPS) is 17.3. The maximum Gasteiger partial charge on any atom is 0.354 e. The first-order valence-electron chi connectivity index (χ1n) is 11.6. The van der Waals surface area contributed by atoms with Crippen LogP contribution >= 0.6 is 0 Å². The molecule has 1 aromatic carbocycles. The van der Waals surface area contributed by atoms with Gasteiger partial charge < -0.3 is 29.4 Å². The van der Waals surface area contributed by atoms with Crippen LogP contribution in [-0.2, 0) is 14.3 Å². The van der Waals surface area contributed by atoms with Gasteiger partial charge >= 0.3 is 5.97 Å². The molecular weight excluding hydrogens is 450 g/mol. The molecule has 3 rings (SSSR count). The number of H-pyrrole nitrogens is 1. The Balaban J connectivity index is 2.15. The van der Waals surface area contributed by atoms with Crippen LogP contribution in [0.25, 0.3) is 5.76 Å². The van der Waals surface area contributed by atoms with Crippen molar-refractivity contribution in [3.8, 4) is 5.75 Å². The Morgan fingerprint density at radius 1 is 1.17 bits per heavy atom. The number of aromatic amines is 1. The third-order valence-corrected chi connectivity index (χ3v) is 6.11. The summed E-state index contributed by atoms with van der Waals surface area (Å²) >= 11 is 0. The number of benzene rings is 1. The van der Waals surface area contributed by atoms with Gasteiger partial charge in [0.2, 0.25) is 0 Å². The highest BCUT2D eigenvalue weighted by molar-refractivity contribution is 6.46. The molecule has 0 spiro atoms. The molecular formula is C26H33N3O6. The predicted octanol–water partition coefficient (Wildman–Crippen LogP) is 3.19. The molecule has 0 unspecified atom stereocenters. The van der Waals surface area contributed by atoms with Crippen molar-refractivity contribution in [2.75, 3.05) is 40.9 Å². The second-order valence-electron chi connectivity index (χ2n) is 8.77. The molecule has 2 aromatic rings. The van der Waals surface area contributed by atoms with E-state index in [0.29, 0.717) is 47.7 Å². The lowest BCUT2D eigenvalue weighted by Gasteiger charge is -2.26. The molecule has 1 aromatic heterocycles. The van der Waals surface area contributed by atoms with Crippen LogP contribution in [0.3, 0.4) is 0 Å². The fourth-order valence-electron chi connectivity index (χ4n) is 4.47. The number of likely N-dealkylation sites (tertiary alicyclic amines) is 1. The second kappa shape index (κ2) is 10.8. The number of ketones is 1. The quantitative estimate of drug-likeness (QED) is 0.244. The zero-order valence-corrected chi connectivity index (χ0v) is 21.1. The van der Waals surface area contributed by atoms with Crippen molar-refractivity contribution in [1.29, 1.82) is 0 Å². The molecule has 1 saturated heterocycles. The monoisotopic (exact) mass is 483 g/mol. The number of rotatable bonds is 9. The molecule has 9 heteroatoms. The number of hydrogen-bond donors (Lipinski definition) is 2. The van der Waals surface area contributed by atoms with E-state index >= 15 is 0 Å². The molecule has 9 nitrogen and oxygen atoms in total. The van der Waals surface area contributed by atoms with E-state index in [1.165, 1.54) is 12.0 Å². The number of amides is 1. The summed E-state index contributed by atoms with van der Waals surface area (Å²) in [5, 5.41) is 11.4. The number of aliphatic hydroxyl groups is 1. The fraction of sp³-hybridized carbons (Fsp3) is 0.423. The largest absolute Gasteiger partial charge is 0.507 e. The number of hydrogen-bond acceptors (Lipinski definition) is 7. The van der Waals surface area contributed by atoms with Gasteiger partial charge in [-0.2, -0.15) is 0 Å². The molecule has 1 amide bonds. The van der Waals surface area contributed by atoms with Gasteiger partial charge in [0.25, 0.3) is 11.7 Å². The number of esters is 1. The predicted molar refractivity (Wildman–Crippen MR) is 131 cm³/mol. The van der Waals surface area contributed by atoms with E-state index in [1.807, 2.05) is 25.9 Å². The van der Waals surface area contributed by atoms with Gasteiger partial charge in [0.15, 0.2) is 0 Å². The van der Waals surface area contributed by atoms with E-state index in [0.717, 1.165) is 6.54 Å². The molecule has 1 fully saturated rings. The summed E-state index contributed by atoms with van der Waals surface area (Å²) in [6, 6.07) is 6.37. The highest BCUT2D eigenvalue weighted by atomic mass is 16.5. The molecule has 1 atom stereocenters. The first-order chi connectivity index (χ1) is 16.6. The summed E-state index contributed by atoms with van der Waals surface area (Å²) in [4.78, 5) is 45.0. The van der Waals surface area contributed by atoms with Gasteiger partial charge in [-0.25, -0.2) is 4.79 Å². The van der Waals surface area contributed by atoms with Crippen LogP contribution in [0.4, 0.5) is 0 Å². The smallest absolute Gasteiger partial charge is 0.354 e. The Labute approximate surface area is 205 Å². The number of ether oxygens (including phenoxy) is 2. The number of carbonyl (C=O) groups excluding carboxylic acids is 3. The van der Waals surface area contributed by atoms with Crippen LogP contribution in [0, 0.1) is 13.8 Å². The van der Waals surface area contributed by atoms with E-state index in [-0.39, 0.29) is 17.0 Å². The van der Waals surface area contributed by atoms with Crippen LogP contribution in [0.5, 0.6) is 5.75 Å². The van der Waals surface area contributed by atoms with E-state index in [4.69, 9.17) is 9.47 Å². The van der Waals surface area contributed by atoms with Crippen LogP contribution in [0.15, 0.2) is 29.8 Å². The van der Waals surface area contributed by atoms with Gasteiger partial charge in [0, 0.05) is 17.8 Å². The standard InChI is InChI=1S/C26H33N3O6/c1-7-35-18-11-9-17(10-12-18)22-20(24(31)25(32)29(22)14-8-13-28(4)5)23(30)19-15(2)21(26(33)34-6)27-16(19)3/h9-12,22,27,30H,7-8,13-14H2,1-6H3/t22-/m0/s1. The van der Waals surface area contributed by atoms with Gasteiger partial charge in [-0.05, 0) is 71.1 Å². The number of nitrogens with one attached hydrogen (secondary N) is 1. The molecule has 0 bridgehead atoms. The third-order valence-electron chi connectivity index (χ3n) is 6.11. The number of aliphatic hydroxyl groups excluding tert-OH is 1.